The maximum atomic E-state index is 4.99. The predicted octanol–water partition coefficient (Wildman–Crippen LogP) is 7.86. The van der Waals surface area contributed by atoms with Gasteiger partial charge in [-0.15, -0.1) is 0 Å². The van der Waals surface area contributed by atoms with E-state index in [9.17, 15) is 0 Å². The molecule has 2 aromatic carbocycles. The zero-order chi connectivity index (χ0) is 24.6. The van der Waals surface area contributed by atoms with E-state index < -0.39 is 0 Å². The Morgan fingerprint density at radius 1 is 0.649 bits per heavy atom. The van der Waals surface area contributed by atoms with Crippen molar-refractivity contribution in [3.8, 4) is 22.8 Å². The average Bonchev–Trinajstić information content (AvgIpc) is 3.32. The van der Waals surface area contributed by atoms with Crippen LogP contribution < -0.4 is 0 Å². The van der Waals surface area contributed by atoms with Crippen LogP contribution in [-0.4, -0.2) is 15.0 Å². The second kappa shape index (κ2) is 9.25. The van der Waals surface area contributed by atoms with Crippen LogP contribution in [0.5, 0.6) is 0 Å². The molecule has 0 fully saturated rings. The van der Waals surface area contributed by atoms with Crippen LogP contribution in [0.25, 0.3) is 28.3 Å². The third-order valence-electron chi connectivity index (χ3n) is 7.64. The molecule has 4 aliphatic rings. The highest BCUT2D eigenvalue weighted by Gasteiger charge is 2.35. The first-order valence-electron chi connectivity index (χ1n) is 13.1. The van der Waals surface area contributed by atoms with Crippen LogP contribution in [0.4, 0.5) is 0 Å². The Morgan fingerprint density at radius 2 is 1.35 bits per heavy atom. The second-order valence-electron chi connectivity index (χ2n) is 9.89. The SMILES string of the molecule is C1=CC2=C(C3C=CC=C(c4nc(-c5ccccc5)nc(-c5ccccc5)n4)C3)C3=C(C=CCC3)C2C=C1. The minimum Gasteiger partial charge on any atom is -0.209 e. The fourth-order valence-electron chi connectivity index (χ4n) is 5.94. The van der Waals surface area contributed by atoms with Crippen molar-refractivity contribution in [3.05, 3.63) is 143 Å². The van der Waals surface area contributed by atoms with E-state index in [1.165, 1.54) is 16.7 Å². The highest BCUT2D eigenvalue weighted by molar-refractivity contribution is 5.71. The van der Waals surface area contributed by atoms with Crippen LogP contribution in [-0.2, 0) is 0 Å². The number of nitrogens with zero attached hydrogens (tertiary/aromatic N) is 3. The molecular formula is C34H27N3. The summed E-state index contributed by atoms with van der Waals surface area (Å²) in [5.41, 5.74) is 9.15. The fourth-order valence-corrected chi connectivity index (χ4v) is 5.94. The number of allylic oxidation sites excluding steroid dienone is 14. The summed E-state index contributed by atoms with van der Waals surface area (Å²) in [5, 5.41) is 0. The van der Waals surface area contributed by atoms with Gasteiger partial charge in [-0.05, 0) is 47.1 Å². The van der Waals surface area contributed by atoms with Gasteiger partial charge in [-0.3, -0.25) is 0 Å². The van der Waals surface area contributed by atoms with Crippen molar-refractivity contribution in [2.45, 2.75) is 19.3 Å². The van der Waals surface area contributed by atoms with Crippen LogP contribution in [0.1, 0.15) is 25.1 Å². The summed E-state index contributed by atoms with van der Waals surface area (Å²) in [4.78, 5) is 14.8. The molecule has 7 rings (SSSR count). The standard InChI is InChI=1S/C34H27N3/c1-3-12-23(13-4-1)32-35-33(24-14-5-2-6-15-24)37-34(36-32)26-17-11-16-25(22-26)31-29-20-9-7-18-27(29)28-19-8-10-21-30(28)31/h1-9,11-20,25,27H,10,21-22H2. The first-order valence-corrected chi connectivity index (χ1v) is 13.1. The molecule has 2 atom stereocenters. The lowest BCUT2D eigenvalue weighted by molar-refractivity contribution is 0.759. The zero-order valence-corrected chi connectivity index (χ0v) is 20.6. The van der Waals surface area contributed by atoms with E-state index in [1.54, 1.807) is 5.57 Å². The van der Waals surface area contributed by atoms with Crippen LogP contribution in [0.3, 0.4) is 0 Å². The van der Waals surface area contributed by atoms with E-state index in [-0.39, 0.29) is 0 Å². The van der Waals surface area contributed by atoms with E-state index in [2.05, 4.69) is 78.9 Å². The fraction of sp³-hybridized carbons (Fsp3) is 0.147. The molecule has 0 saturated heterocycles. The molecule has 0 saturated carbocycles. The van der Waals surface area contributed by atoms with Crippen molar-refractivity contribution in [1.29, 1.82) is 0 Å². The quantitative estimate of drug-likeness (QED) is 0.384. The van der Waals surface area contributed by atoms with Crippen molar-refractivity contribution in [2.75, 3.05) is 0 Å². The molecule has 37 heavy (non-hydrogen) atoms. The van der Waals surface area contributed by atoms with Gasteiger partial charge in [-0.2, -0.15) is 0 Å². The Hall–Kier alpha value is -4.37. The third-order valence-corrected chi connectivity index (χ3v) is 7.64. The minimum absolute atomic E-state index is 0.310. The molecule has 0 aliphatic heterocycles. The Balaban J connectivity index is 1.30. The van der Waals surface area contributed by atoms with Gasteiger partial charge in [0.1, 0.15) is 0 Å². The van der Waals surface area contributed by atoms with Gasteiger partial charge in [0.25, 0.3) is 0 Å². The van der Waals surface area contributed by atoms with Gasteiger partial charge < -0.3 is 0 Å². The van der Waals surface area contributed by atoms with Gasteiger partial charge in [0, 0.05) is 23.0 Å². The van der Waals surface area contributed by atoms with Crippen molar-refractivity contribution in [2.24, 2.45) is 11.8 Å². The predicted molar refractivity (Wildman–Crippen MR) is 150 cm³/mol. The Bertz CT molecular complexity index is 1520. The first kappa shape index (κ1) is 21.9. The highest BCUT2D eigenvalue weighted by Crippen LogP contribution is 2.49. The summed E-state index contributed by atoms with van der Waals surface area (Å²) in [5.74, 6) is 2.88. The maximum Gasteiger partial charge on any atom is 0.164 e. The number of aromatic nitrogens is 3. The lowest BCUT2D eigenvalue weighted by Gasteiger charge is -2.24. The van der Waals surface area contributed by atoms with Crippen molar-refractivity contribution >= 4 is 5.57 Å². The molecule has 4 aliphatic carbocycles. The summed E-state index contributed by atoms with van der Waals surface area (Å²) >= 11 is 0. The van der Waals surface area contributed by atoms with E-state index in [1.807, 2.05) is 36.4 Å². The minimum atomic E-state index is 0.310. The third kappa shape index (κ3) is 3.97. The van der Waals surface area contributed by atoms with Gasteiger partial charge in [0.2, 0.25) is 0 Å². The first-order chi connectivity index (χ1) is 18.3. The van der Waals surface area contributed by atoms with E-state index in [4.69, 9.17) is 15.0 Å². The number of rotatable bonds is 4. The Kier molecular flexibility index (Phi) is 5.47. The van der Waals surface area contributed by atoms with Crippen LogP contribution in [0.2, 0.25) is 0 Å². The number of hydrogen-bond donors (Lipinski definition) is 0. The largest absolute Gasteiger partial charge is 0.209 e. The molecule has 0 bridgehead atoms. The molecule has 3 aromatic rings. The number of fused-ring (bicyclic) bond motifs is 2. The van der Waals surface area contributed by atoms with Crippen molar-refractivity contribution < 1.29 is 0 Å². The summed E-state index contributed by atoms with van der Waals surface area (Å²) in [6, 6.07) is 20.4. The Morgan fingerprint density at radius 3 is 2.08 bits per heavy atom. The lowest BCUT2D eigenvalue weighted by Crippen LogP contribution is -2.11. The molecule has 0 radical (unpaired) electrons. The molecule has 0 N–H and O–H groups in total. The second-order valence-corrected chi connectivity index (χ2v) is 9.89. The van der Waals surface area contributed by atoms with Crippen LogP contribution in [0.15, 0.2) is 138 Å². The molecule has 0 amide bonds. The van der Waals surface area contributed by atoms with Gasteiger partial charge in [0.05, 0.1) is 0 Å². The highest BCUT2D eigenvalue weighted by atomic mass is 15.0. The number of hydrogen-bond acceptors (Lipinski definition) is 3. The maximum absolute atomic E-state index is 4.99. The number of benzene rings is 2. The summed E-state index contributed by atoms with van der Waals surface area (Å²) < 4.78 is 0. The van der Waals surface area contributed by atoms with Gasteiger partial charge in [0.15, 0.2) is 17.5 Å². The van der Waals surface area contributed by atoms with E-state index >= 15 is 0 Å². The molecule has 1 heterocycles. The van der Waals surface area contributed by atoms with Crippen LogP contribution >= 0.6 is 0 Å². The molecule has 1 aromatic heterocycles. The summed E-state index contributed by atoms with van der Waals surface area (Å²) in [6.07, 6.45) is 23.6. The van der Waals surface area contributed by atoms with Crippen LogP contribution in [0, 0.1) is 11.8 Å². The van der Waals surface area contributed by atoms with Gasteiger partial charge >= 0.3 is 0 Å². The molecule has 3 heteroatoms. The summed E-state index contributed by atoms with van der Waals surface area (Å²) in [7, 11) is 0. The topological polar surface area (TPSA) is 38.7 Å². The zero-order valence-electron chi connectivity index (χ0n) is 20.6. The lowest BCUT2D eigenvalue weighted by atomic mass is 9.81. The van der Waals surface area contributed by atoms with Gasteiger partial charge in [-0.1, -0.05) is 115 Å². The summed E-state index contributed by atoms with van der Waals surface area (Å²) in [6.45, 7) is 0. The molecule has 178 valence electrons. The van der Waals surface area contributed by atoms with E-state index in [0.29, 0.717) is 23.5 Å². The Labute approximate surface area is 217 Å². The molecular weight excluding hydrogens is 450 g/mol. The van der Waals surface area contributed by atoms with Crippen molar-refractivity contribution in [3.63, 3.8) is 0 Å². The molecule has 0 spiro atoms. The van der Waals surface area contributed by atoms with Crippen molar-refractivity contribution in [1.82, 2.24) is 15.0 Å². The molecule has 2 unspecified atom stereocenters. The van der Waals surface area contributed by atoms with E-state index in [0.717, 1.165) is 41.8 Å². The normalized spacial score (nSPS) is 21.8. The molecule has 3 nitrogen and oxygen atoms in total. The smallest absolute Gasteiger partial charge is 0.164 e. The average molecular weight is 478 g/mol. The monoisotopic (exact) mass is 477 g/mol. The van der Waals surface area contributed by atoms with Gasteiger partial charge in [-0.25, -0.2) is 15.0 Å².